The van der Waals surface area contributed by atoms with Crippen LogP contribution in [0.3, 0.4) is 0 Å². The Hall–Kier alpha value is -2.39. The van der Waals surface area contributed by atoms with Crippen LogP contribution >= 0.6 is 0 Å². The third-order valence-electron chi connectivity index (χ3n) is 3.99. The Morgan fingerprint density at radius 2 is 2.08 bits per heavy atom. The van der Waals surface area contributed by atoms with Crippen molar-refractivity contribution in [2.75, 3.05) is 25.5 Å². The third kappa shape index (κ3) is 3.38. The van der Waals surface area contributed by atoms with Crippen molar-refractivity contribution >= 4 is 21.6 Å². The fraction of sp³-hybridized carbons (Fsp3) is 0.375. The zero-order chi connectivity index (χ0) is 18.0. The number of amides is 1. The highest BCUT2D eigenvalue weighted by atomic mass is 32.2. The van der Waals surface area contributed by atoms with Crippen molar-refractivity contribution in [3.63, 3.8) is 0 Å². The molecule has 8 nitrogen and oxygen atoms in total. The highest BCUT2D eigenvalue weighted by molar-refractivity contribution is 7.89. The van der Waals surface area contributed by atoms with Gasteiger partial charge in [0.15, 0.2) is 5.76 Å². The maximum atomic E-state index is 12.7. The Labute approximate surface area is 145 Å². The predicted molar refractivity (Wildman–Crippen MR) is 90.2 cm³/mol. The van der Waals surface area contributed by atoms with Crippen LogP contribution in [0.15, 0.2) is 33.7 Å². The van der Waals surface area contributed by atoms with Gasteiger partial charge in [-0.25, -0.2) is 13.4 Å². The molecular weight excluding hydrogens is 346 g/mol. The van der Waals surface area contributed by atoms with Gasteiger partial charge in [0.1, 0.15) is 16.3 Å². The van der Waals surface area contributed by atoms with E-state index in [2.05, 4.69) is 10.3 Å². The molecule has 1 aliphatic heterocycles. The number of rotatable bonds is 5. The predicted octanol–water partition coefficient (Wildman–Crippen LogP) is 2.03. The first-order chi connectivity index (χ1) is 11.9. The normalized spacial score (nSPS) is 15.3. The number of hydrogen-bond donors (Lipinski definition) is 1. The molecule has 0 atom stereocenters. The largest absolute Gasteiger partial charge is 0.480 e. The standard InChI is InChI=1S/C16H19N3O5S/c1-11-14(25(21,22)19-8-3-4-9-19)10-13(24-11)15(20)18-12-6-5-7-17-16(12)23-2/h5-7,10H,3-4,8-9H2,1-2H3,(H,18,20). The fourth-order valence-electron chi connectivity index (χ4n) is 2.73. The van der Waals surface area contributed by atoms with Gasteiger partial charge >= 0.3 is 0 Å². The number of sulfonamides is 1. The summed E-state index contributed by atoms with van der Waals surface area (Å²) in [5.74, 6) is -0.210. The summed E-state index contributed by atoms with van der Waals surface area (Å²) in [6.07, 6.45) is 3.21. The van der Waals surface area contributed by atoms with Crippen LogP contribution in [0, 0.1) is 6.92 Å². The first kappa shape index (κ1) is 17.4. The molecule has 0 aromatic carbocycles. The lowest BCUT2D eigenvalue weighted by Crippen LogP contribution is -2.28. The quantitative estimate of drug-likeness (QED) is 0.870. The number of methoxy groups -OCH3 is 1. The van der Waals surface area contributed by atoms with E-state index in [0.717, 1.165) is 12.8 Å². The van der Waals surface area contributed by atoms with Crippen molar-refractivity contribution in [1.82, 2.24) is 9.29 Å². The van der Waals surface area contributed by atoms with Crippen molar-refractivity contribution in [1.29, 1.82) is 0 Å². The summed E-state index contributed by atoms with van der Waals surface area (Å²) in [6, 6.07) is 4.54. The van der Waals surface area contributed by atoms with E-state index in [0.29, 0.717) is 18.8 Å². The van der Waals surface area contributed by atoms with Gasteiger partial charge in [0.05, 0.1) is 7.11 Å². The molecule has 134 valence electrons. The van der Waals surface area contributed by atoms with Crippen molar-refractivity contribution in [3.8, 4) is 5.88 Å². The average molecular weight is 365 g/mol. The Morgan fingerprint density at radius 3 is 2.76 bits per heavy atom. The number of ether oxygens (including phenoxy) is 1. The maximum absolute atomic E-state index is 12.7. The van der Waals surface area contributed by atoms with E-state index >= 15 is 0 Å². The molecule has 25 heavy (non-hydrogen) atoms. The van der Waals surface area contributed by atoms with E-state index in [1.54, 1.807) is 12.1 Å². The minimum Gasteiger partial charge on any atom is -0.480 e. The summed E-state index contributed by atoms with van der Waals surface area (Å²) >= 11 is 0. The molecule has 9 heteroatoms. The number of pyridine rings is 1. The van der Waals surface area contributed by atoms with Crippen molar-refractivity contribution in [3.05, 3.63) is 35.9 Å². The molecule has 0 bridgehead atoms. The molecule has 3 rings (SSSR count). The third-order valence-corrected chi connectivity index (χ3v) is 6.00. The van der Waals surface area contributed by atoms with Crippen LogP contribution in [0.2, 0.25) is 0 Å². The molecule has 2 aromatic heterocycles. The van der Waals surface area contributed by atoms with Gasteiger partial charge in [0.2, 0.25) is 15.9 Å². The number of aryl methyl sites for hydroxylation is 1. The van der Waals surface area contributed by atoms with Gasteiger partial charge in [-0.3, -0.25) is 4.79 Å². The summed E-state index contributed by atoms with van der Waals surface area (Å²) in [6.45, 7) is 2.51. The number of anilines is 1. The van der Waals surface area contributed by atoms with Crippen LogP contribution in [0.1, 0.15) is 29.2 Å². The lowest BCUT2D eigenvalue weighted by atomic mass is 10.3. The lowest BCUT2D eigenvalue weighted by molar-refractivity contribution is 0.0995. The van der Waals surface area contributed by atoms with Crippen LogP contribution in [-0.2, 0) is 10.0 Å². The Kier molecular flexibility index (Phi) is 4.78. The Bertz CT molecular complexity index is 885. The summed E-state index contributed by atoms with van der Waals surface area (Å²) in [5, 5.41) is 2.61. The summed E-state index contributed by atoms with van der Waals surface area (Å²) < 4.78 is 37.2. The van der Waals surface area contributed by atoms with E-state index in [4.69, 9.17) is 9.15 Å². The zero-order valence-electron chi connectivity index (χ0n) is 14.0. The van der Waals surface area contributed by atoms with Crippen LogP contribution < -0.4 is 10.1 Å². The molecule has 0 aliphatic carbocycles. The highest BCUT2D eigenvalue weighted by Gasteiger charge is 2.31. The summed E-state index contributed by atoms with van der Waals surface area (Å²) in [4.78, 5) is 16.4. The van der Waals surface area contributed by atoms with Crippen LogP contribution in [0.25, 0.3) is 0 Å². The van der Waals surface area contributed by atoms with Gasteiger partial charge in [-0.15, -0.1) is 0 Å². The molecule has 2 aromatic rings. The molecule has 0 saturated carbocycles. The summed E-state index contributed by atoms with van der Waals surface area (Å²) in [5.41, 5.74) is 0.369. The zero-order valence-corrected chi connectivity index (χ0v) is 14.8. The van der Waals surface area contributed by atoms with Crippen molar-refractivity contribution < 1.29 is 22.4 Å². The lowest BCUT2D eigenvalue weighted by Gasteiger charge is -2.14. The van der Waals surface area contributed by atoms with Crippen LogP contribution in [0.5, 0.6) is 5.88 Å². The second-order valence-corrected chi connectivity index (χ2v) is 7.56. The molecule has 1 amide bonds. The number of nitrogens with zero attached hydrogens (tertiary/aromatic N) is 2. The van der Waals surface area contributed by atoms with Gasteiger partial charge in [-0.2, -0.15) is 4.31 Å². The minimum absolute atomic E-state index is 0.0256. The van der Waals surface area contributed by atoms with E-state index in [9.17, 15) is 13.2 Å². The highest BCUT2D eigenvalue weighted by Crippen LogP contribution is 2.27. The smallest absolute Gasteiger partial charge is 0.291 e. The second-order valence-electron chi connectivity index (χ2n) is 5.66. The van der Waals surface area contributed by atoms with Crippen LogP contribution in [0.4, 0.5) is 5.69 Å². The average Bonchev–Trinajstić information content (AvgIpc) is 3.25. The number of carbonyl (C=O) groups excluding carboxylic acids is 1. The topological polar surface area (TPSA) is 102 Å². The molecule has 1 aliphatic rings. The van der Waals surface area contributed by atoms with Crippen molar-refractivity contribution in [2.24, 2.45) is 0 Å². The number of nitrogens with one attached hydrogen (secondary N) is 1. The molecule has 3 heterocycles. The van der Waals surface area contributed by atoms with E-state index in [-0.39, 0.29) is 22.3 Å². The van der Waals surface area contributed by atoms with E-state index < -0.39 is 15.9 Å². The number of carbonyl (C=O) groups is 1. The van der Waals surface area contributed by atoms with Crippen molar-refractivity contribution in [2.45, 2.75) is 24.7 Å². The molecular formula is C16H19N3O5S. The van der Waals surface area contributed by atoms with Gasteiger partial charge in [-0.1, -0.05) is 0 Å². The van der Waals surface area contributed by atoms with Gasteiger partial charge in [0.25, 0.3) is 5.91 Å². The molecule has 0 radical (unpaired) electrons. The summed E-state index contributed by atoms with van der Waals surface area (Å²) in [7, 11) is -2.20. The molecule has 1 fully saturated rings. The van der Waals surface area contributed by atoms with Gasteiger partial charge in [0, 0.05) is 25.4 Å². The minimum atomic E-state index is -3.65. The second kappa shape index (κ2) is 6.85. The first-order valence-electron chi connectivity index (χ1n) is 7.84. The number of furan rings is 1. The molecule has 1 saturated heterocycles. The maximum Gasteiger partial charge on any atom is 0.291 e. The molecule has 1 N–H and O–H groups in total. The molecule has 0 unspecified atom stereocenters. The fourth-order valence-corrected chi connectivity index (χ4v) is 4.41. The Morgan fingerprint density at radius 1 is 1.36 bits per heavy atom. The van der Waals surface area contributed by atoms with E-state index in [1.807, 2.05) is 0 Å². The Balaban J connectivity index is 1.85. The number of aromatic nitrogens is 1. The van der Waals surface area contributed by atoms with Gasteiger partial charge in [-0.05, 0) is 31.9 Å². The SMILES string of the molecule is COc1ncccc1NC(=O)c1cc(S(=O)(=O)N2CCCC2)c(C)o1. The van der Waals surface area contributed by atoms with E-state index in [1.165, 1.54) is 30.6 Å². The molecule has 0 spiro atoms. The first-order valence-corrected chi connectivity index (χ1v) is 9.28. The number of hydrogen-bond acceptors (Lipinski definition) is 6. The van der Waals surface area contributed by atoms with Gasteiger partial charge < -0.3 is 14.5 Å². The monoisotopic (exact) mass is 365 g/mol. The van der Waals surface area contributed by atoms with Crippen LogP contribution in [-0.4, -0.2) is 43.8 Å².